The highest BCUT2D eigenvalue weighted by atomic mass is 32.2. The molecule has 1 aromatic heterocycles. The van der Waals surface area contributed by atoms with Gasteiger partial charge in [0.05, 0.1) is 11.3 Å². The quantitative estimate of drug-likeness (QED) is 0.819. The highest BCUT2D eigenvalue weighted by Gasteiger charge is 2.52. The summed E-state index contributed by atoms with van der Waals surface area (Å²) >= 11 is 0. The summed E-state index contributed by atoms with van der Waals surface area (Å²) in [5.41, 5.74) is -2.93. The molecule has 0 radical (unpaired) electrons. The summed E-state index contributed by atoms with van der Waals surface area (Å²) in [5, 5.41) is 3.10. The molecule has 1 atom stereocenters. The van der Waals surface area contributed by atoms with Gasteiger partial charge < -0.3 is 10.1 Å². The van der Waals surface area contributed by atoms with Crippen LogP contribution >= 0.6 is 0 Å². The van der Waals surface area contributed by atoms with Gasteiger partial charge in [-0.3, -0.25) is 4.79 Å². The first kappa shape index (κ1) is 18.2. The Morgan fingerprint density at radius 2 is 1.96 bits per heavy atom. The van der Waals surface area contributed by atoms with Crippen molar-refractivity contribution in [2.24, 2.45) is 0 Å². The minimum atomic E-state index is -4.79. The van der Waals surface area contributed by atoms with E-state index in [1.165, 1.54) is 0 Å². The maximum atomic E-state index is 12.7. The molecule has 3 heterocycles. The molecule has 0 aromatic carbocycles. The Morgan fingerprint density at radius 1 is 1.32 bits per heavy atom. The number of hydrogen-bond donors (Lipinski definition) is 1. The third kappa shape index (κ3) is 3.27. The topological polar surface area (TPSA) is 98.2 Å². The summed E-state index contributed by atoms with van der Waals surface area (Å²) < 4.78 is 69.0. The number of aromatic nitrogens is 2. The summed E-state index contributed by atoms with van der Waals surface area (Å²) in [7, 11) is -4.34. The SMILES string of the molecule is Cc1nc(C(F)(F)F)ncc1S(=O)(=O)C1OC2(CCNCC2)CC1=O. The van der Waals surface area contributed by atoms with Gasteiger partial charge in [0.2, 0.25) is 21.1 Å². The number of halogens is 3. The fourth-order valence-corrected chi connectivity index (χ4v) is 4.78. The third-order valence-corrected chi connectivity index (χ3v) is 6.34. The van der Waals surface area contributed by atoms with Gasteiger partial charge in [-0.15, -0.1) is 0 Å². The molecule has 2 fully saturated rings. The van der Waals surface area contributed by atoms with Gasteiger partial charge in [0, 0.05) is 12.6 Å². The molecule has 138 valence electrons. The maximum absolute atomic E-state index is 12.7. The monoisotopic (exact) mass is 379 g/mol. The lowest BCUT2D eigenvalue weighted by molar-refractivity contribution is -0.145. The fourth-order valence-electron chi connectivity index (χ4n) is 3.14. The number of hydrogen-bond acceptors (Lipinski definition) is 7. The van der Waals surface area contributed by atoms with Crippen LogP contribution in [0.2, 0.25) is 0 Å². The van der Waals surface area contributed by atoms with Crippen LogP contribution in [-0.4, -0.2) is 48.3 Å². The molecule has 2 aliphatic rings. The van der Waals surface area contributed by atoms with E-state index in [1.807, 2.05) is 0 Å². The van der Waals surface area contributed by atoms with Gasteiger partial charge in [-0.2, -0.15) is 13.2 Å². The Kier molecular flexibility index (Phi) is 4.36. The Bertz CT molecular complexity index is 804. The molecule has 1 aromatic rings. The van der Waals surface area contributed by atoms with E-state index in [0.29, 0.717) is 32.1 Å². The predicted octanol–water partition coefficient (Wildman–Crippen LogP) is 1.02. The Morgan fingerprint density at radius 3 is 2.52 bits per heavy atom. The summed E-state index contributed by atoms with van der Waals surface area (Å²) in [4.78, 5) is 18.0. The first-order chi connectivity index (χ1) is 11.6. The van der Waals surface area contributed by atoms with Crippen molar-refractivity contribution in [1.82, 2.24) is 15.3 Å². The number of rotatable bonds is 2. The van der Waals surface area contributed by atoms with Crippen LogP contribution in [0.4, 0.5) is 13.2 Å². The number of alkyl halides is 3. The number of ketones is 1. The fraction of sp³-hybridized carbons (Fsp3) is 0.643. The number of Topliss-reactive ketones (excluding diaryl/α,β-unsaturated/α-hetero) is 1. The average molecular weight is 379 g/mol. The van der Waals surface area contributed by atoms with Crippen molar-refractivity contribution in [2.75, 3.05) is 13.1 Å². The Labute approximate surface area is 141 Å². The predicted molar refractivity (Wildman–Crippen MR) is 78.3 cm³/mol. The lowest BCUT2D eigenvalue weighted by Crippen LogP contribution is -2.42. The van der Waals surface area contributed by atoms with Crippen molar-refractivity contribution in [2.45, 2.75) is 48.3 Å². The number of carbonyl (C=O) groups excluding carboxylic acids is 1. The molecule has 1 N–H and O–H groups in total. The average Bonchev–Trinajstić information content (AvgIpc) is 2.83. The second-order valence-electron chi connectivity index (χ2n) is 6.21. The zero-order valence-corrected chi connectivity index (χ0v) is 14.1. The van der Waals surface area contributed by atoms with Crippen molar-refractivity contribution in [3.8, 4) is 0 Å². The van der Waals surface area contributed by atoms with Crippen LogP contribution in [0.1, 0.15) is 30.8 Å². The highest BCUT2D eigenvalue weighted by Crippen LogP contribution is 2.39. The molecule has 7 nitrogen and oxygen atoms in total. The molecule has 2 saturated heterocycles. The van der Waals surface area contributed by atoms with E-state index in [-0.39, 0.29) is 12.1 Å². The number of nitrogens with zero attached hydrogens (tertiary/aromatic N) is 2. The van der Waals surface area contributed by atoms with Crippen molar-refractivity contribution in [3.05, 3.63) is 17.7 Å². The number of nitrogens with one attached hydrogen (secondary N) is 1. The summed E-state index contributed by atoms with van der Waals surface area (Å²) in [6.45, 7) is 2.33. The zero-order valence-electron chi connectivity index (χ0n) is 13.3. The second kappa shape index (κ2) is 5.99. The van der Waals surface area contributed by atoms with Gasteiger partial charge in [-0.25, -0.2) is 18.4 Å². The largest absolute Gasteiger partial charge is 0.451 e. The van der Waals surface area contributed by atoms with E-state index in [9.17, 15) is 26.4 Å². The molecule has 0 aliphatic carbocycles. The maximum Gasteiger partial charge on any atom is 0.451 e. The first-order valence-corrected chi connectivity index (χ1v) is 9.16. The number of ether oxygens (including phenoxy) is 1. The lowest BCUT2D eigenvalue weighted by atomic mass is 9.89. The third-order valence-electron chi connectivity index (χ3n) is 4.41. The molecule has 11 heteroatoms. The zero-order chi connectivity index (χ0) is 18.5. The van der Waals surface area contributed by atoms with Crippen molar-refractivity contribution in [1.29, 1.82) is 0 Å². The Balaban J connectivity index is 1.93. The molecular weight excluding hydrogens is 363 g/mol. The molecule has 0 saturated carbocycles. The number of carbonyl (C=O) groups is 1. The molecule has 1 spiro atoms. The van der Waals surface area contributed by atoms with Gasteiger partial charge in [-0.1, -0.05) is 0 Å². The van der Waals surface area contributed by atoms with E-state index in [1.54, 1.807) is 0 Å². The molecule has 0 amide bonds. The number of aryl methyl sites for hydroxylation is 1. The van der Waals surface area contributed by atoms with E-state index in [2.05, 4.69) is 15.3 Å². The normalized spacial score (nSPS) is 24.0. The smallest absolute Gasteiger partial charge is 0.347 e. The molecule has 2 aliphatic heterocycles. The van der Waals surface area contributed by atoms with Gasteiger partial charge in [0.25, 0.3) is 0 Å². The molecule has 25 heavy (non-hydrogen) atoms. The summed E-state index contributed by atoms with van der Waals surface area (Å²) in [5.74, 6) is -2.03. The number of piperidine rings is 1. The van der Waals surface area contributed by atoms with Gasteiger partial charge in [-0.05, 0) is 32.9 Å². The van der Waals surface area contributed by atoms with E-state index in [0.717, 1.165) is 6.92 Å². The molecule has 1 unspecified atom stereocenters. The van der Waals surface area contributed by atoms with Gasteiger partial charge in [0.1, 0.15) is 4.90 Å². The first-order valence-electron chi connectivity index (χ1n) is 7.61. The Hall–Kier alpha value is -1.59. The summed E-state index contributed by atoms with van der Waals surface area (Å²) in [6.07, 6.45) is -3.24. The minimum Gasteiger partial charge on any atom is -0.347 e. The van der Waals surface area contributed by atoms with Crippen LogP contribution in [-0.2, 0) is 25.5 Å². The molecular formula is C14H16F3N3O4S. The number of sulfone groups is 1. The van der Waals surface area contributed by atoms with Crippen molar-refractivity contribution in [3.63, 3.8) is 0 Å². The van der Waals surface area contributed by atoms with Crippen LogP contribution in [0, 0.1) is 6.92 Å². The van der Waals surface area contributed by atoms with E-state index >= 15 is 0 Å². The van der Waals surface area contributed by atoms with Crippen LogP contribution in [0.15, 0.2) is 11.1 Å². The molecule has 3 rings (SSSR count). The van der Waals surface area contributed by atoms with Gasteiger partial charge >= 0.3 is 6.18 Å². The van der Waals surface area contributed by atoms with E-state index in [4.69, 9.17) is 4.74 Å². The van der Waals surface area contributed by atoms with Crippen LogP contribution in [0.25, 0.3) is 0 Å². The van der Waals surface area contributed by atoms with Gasteiger partial charge in [0.15, 0.2) is 5.78 Å². The van der Waals surface area contributed by atoms with Crippen LogP contribution in [0.3, 0.4) is 0 Å². The lowest BCUT2D eigenvalue weighted by Gasteiger charge is -2.32. The van der Waals surface area contributed by atoms with Crippen LogP contribution in [0.5, 0.6) is 0 Å². The minimum absolute atomic E-state index is 0.0287. The highest BCUT2D eigenvalue weighted by molar-refractivity contribution is 7.92. The van der Waals surface area contributed by atoms with Crippen molar-refractivity contribution < 1.29 is 31.1 Å². The summed E-state index contributed by atoms with van der Waals surface area (Å²) in [6, 6.07) is 0. The van der Waals surface area contributed by atoms with E-state index < -0.39 is 43.6 Å². The van der Waals surface area contributed by atoms with Crippen LogP contribution < -0.4 is 5.32 Å². The standard InChI is InChI=1S/C14H16F3N3O4S/c1-8-10(7-19-12(20-8)14(15,16)17)25(22,23)11-9(21)6-13(24-11)2-4-18-5-3-13/h7,11,18H,2-6H2,1H3. The molecule has 0 bridgehead atoms. The second-order valence-corrected chi connectivity index (χ2v) is 8.17. The van der Waals surface area contributed by atoms with Crippen molar-refractivity contribution >= 4 is 15.6 Å².